The highest BCUT2D eigenvalue weighted by molar-refractivity contribution is 4.85. The molecule has 0 aromatic carbocycles. The summed E-state index contributed by atoms with van der Waals surface area (Å²) in [5.74, 6) is 0. The van der Waals surface area contributed by atoms with E-state index in [2.05, 4.69) is 4.90 Å². The molecule has 1 N–H and O–H groups in total. The van der Waals surface area contributed by atoms with E-state index in [1.807, 2.05) is 0 Å². The summed E-state index contributed by atoms with van der Waals surface area (Å²) in [6, 6.07) is 0.726. The Morgan fingerprint density at radius 1 is 1.20 bits per heavy atom. The summed E-state index contributed by atoms with van der Waals surface area (Å²) in [5, 5.41) is 9.33. The summed E-state index contributed by atoms with van der Waals surface area (Å²) in [4.78, 5) is 2.52. The van der Waals surface area contributed by atoms with Gasteiger partial charge < -0.3 is 10.0 Å². The Kier molecular flexibility index (Phi) is 1.66. The van der Waals surface area contributed by atoms with E-state index in [9.17, 15) is 5.11 Å². The number of nitrogens with zero attached hydrogens (tertiary/aromatic N) is 1. The van der Waals surface area contributed by atoms with Gasteiger partial charge in [0, 0.05) is 12.6 Å². The minimum absolute atomic E-state index is 0.000602. The van der Waals surface area contributed by atoms with Crippen LogP contribution in [0.25, 0.3) is 0 Å². The number of rotatable bonds is 0. The summed E-state index contributed by atoms with van der Waals surface area (Å²) < 4.78 is 0. The second-order valence-corrected chi connectivity index (χ2v) is 3.51. The van der Waals surface area contributed by atoms with E-state index in [1.165, 1.54) is 19.4 Å². The molecule has 0 saturated carbocycles. The molecule has 0 radical (unpaired) electrons. The van der Waals surface area contributed by atoms with Crippen LogP contribution in [0.4, 0.5) is 0 Å². The molecule has 0 unspecified atom stereocenters. The van der Waals surface area contributed by atoms with Gasteiger partial charge in [0.05, 0.1) is 6.10 Å². The van der Waals surface area contributed by atoms with Crippen LogP contribution in [0.5, 0.6) is 0 Å². The second kappa shape index (κ2) is 2.51. The lowest BCUT2D eigenvalue weighted by Gasteiger charge is -2.32. The highest BCUT2D eigenvalue weighted by atomic mass is 16.3. The molecule has 0 aromatic heterocycles. The first-order valence-corrected chi connectivity index (χ1v) is 4.28. The molecule has 2 saturated heterocycles. The standard InChI is InChI=1S/C8H15NO/c10-8-3-5-9-4-1-2-7(9)6-8/h7-8,10H,1-6H2/t7-,8-/m0/s1. The average molecular weight is 141 g/mol. The molecule has 0 aromatic rings. The summed E-state index contributed by atoms with van der Waals surface area (Å²) in [6.45, 7) is 2.41. The number of fused-ring (bicyclic) bond motifs is 1. The van der Waals surface area contributed by atoms with Gasteiger partial charge in [-0.05, 0) is 32.2 Å². The minimum atomic E-state index is -0.000602. The van der Waals surface area contributed by atoms with Crippen molar-refractivity contribution in [2.24, 2.45) is 0 Å². The summed E-state index contributed by atoms with van der Waals surface area (Å²) in [7, 11) is 0. The Hall–Kier alpha value is -0.0800. The molecule has 10 heavy (non-hydrogen) atoms. The second-order valence-electron chi connectivity index (χ2n) is 3.51. The highest BCUT2D eigenvalue weighted by Crippen LogP contribution is 2.26. The van der Waals surface area contributed by atoms with Crippen molar-refractivity contribution in [3.63, 3.8) is 0 Å². The molecule has 2 heterocycles. The predicted molar refractivity (Wildman–Crippen MR) is 39.8 cm³/mol. The number of aliphatic hydroxyl groups excluding tert-OH is 1. The molecular weight excluding hydrogens is 126 g/mol. The van der Waals surface area contributed by atoms with Crippen molar-refractivity contribution in [1.82, 2.24) is 4.90 Å². The lowest BCUT2D eigenvalue weighted by atomic mass is 10.0. The molecule has 0 aliphatic carbocycles. The van der Waals surface area contributed by atoms with Crippen LogP contribution in [0.3, 0.4) is 0 Å². The van der Waals surface area contributed by atoms with E-state index < -0.39 is 0 Å². The first-order valence-electron chi connectivity index (χ1n) is 4.28. The Bertz CT molecular complexity index is 126. The fourth-order valence-electron chi connectivity index (χ4n) is 2.20. The number of piperidine rings is 1. The molecule has 2 fully saturated rings. The van der Waals surface area contributed by atoms with Crippen molar-refractivity contribution in [2.75, 3.05) is 13.1 Å². The third-order valence-corrected chi connectivity index (χ3v) is 2.79. The molecule has 58 valence electrons. The molecule has 0 spiro atoms. The van der Waals surface area contributed by atoms with Gasteiger partial charge in [0.1, 0.15) is 0 Å². The Balaban J connectivity index is 1.96. The van der Waals surface area contributed by atoms with Crippen LogP contribution in [0.2, 0.25) is 0 Å². The van der Waals surface area contributed by atoms with E-state index in [1.54, 1.807) is 0 Å². The average Bonchev–Trinajstić information content (AvgIpc) is 2.33. The van der Waals surface area contributed by atoms with E-state index in [0.29, 0.717) is 0 Å². The molecule has 2 aliphatic rings. The number of hydrogen-bond donors (Lipinski definition) is 1. The van der Waals surface area contributed by atoms with Crippen LogP contribution < -0.4 is 0 Å². The zero-order chi connectivity index (χ0) is 6.97. The van der Waals surface area contributed by atoms with Gasteiger partial charge >= 0.3 is 0 Å². The Labute approximate surface area is 61.8 Å². The van der Waals surface area contributed by atoms with Gasteiger partial charge in [-0.25, -0.2) is 0 Å². The van der Waals surface area contributed by atoms with E-state index in [-0.39, 0.29) is 6.10 Å². The number of hydrogen-bond acceptors (Lipinski definition) is 2. The zero-order valence-electron chi connectivity index (χ0n) is 6.29. The van der Waals surface area contributed by atoms with Gasteiger partial charge in [0.25, 0.3) is 0 Å². The Morgan fingerprint density at radius 2 is 2.10 bits per heavy atom. The van der Waals surface area contributed by atoms with Gasteiger partial charge in [0.15, 0.2) is 0 Å². The van der Waals surface area contributed by atoms with Gasteiger partial charge in [-0.2, -0.15) is 0 Å². The maximum Gasteiger partial charge on any atom is 0.0567 e. The van der Waals surface area contributed by atoms with Crippen molar-refractivity contribution >= 4 is 0 Å². The fraction of sp³-hybridized carbons (Fsp3) is 1.00. The minimum Gasteiger partial charge on any atom is -0.393 e. The van der Waals surface area contributed by atoms with E-state index in [4.69, 9.17) is 0 Å². The third-order valence-electron chi connectivity index (χ3n) is 2.79. The molecule has 2 rings (SSSR count). The van der Waals surface area contributed by atoms with Crippen LogP contribution in [-0.4, -0.2) is 35.2 Å². The van der Waals surface area contributed by atoms with Crippen molar-refractivity contribution in [1.29, 1.82) is 0 Å². The van der Waals surface area contributed by atoms with Crippen LogP contribution in [-0.2, 0) is 0 Å². The molecule has 2 aliphatic heterocycles. The molecule has 2 heteroatoms. The largest absolute Gasteiger partial charge is 0.393 e. The summed E-state index contributed by atoms with van der Waals surface area (Å²) >= 11 is 0. The first-order chi connectivity index (χ1) is 4.86. The topological polar surface area (TPSA) is 23.5 Å². The third kappa shape index (κ3) is 1.06. The lowest BCUT2D eigenvalue weighted by Crippen LogP contribution is -2.39. The smallest absolute Gasteiger partial charge is 0.0567 e. The SMILES string of the molecule is O[C@H]1CCN2CCC[C@H]2C1. The zero-order valence-corrected chi connectivity index (χ0v) is 6.29. The van der Waals surface area contributed by atoms with Crippen LogP contribution in [0.1, 0.15) is 25.7 Å². The summed E-state index contributed by atoms with van der Waals surface area (Å²) in [5.41, 5.74) is 0. The highest BCUT2D eigenvalue weighted by Gasteiger charge is 2.30. The van der Waals surface area contributed by atoms with Crippen molar-refractivity contribution < 1.29 is 5.11 Å². The molecule has 0 bridgehead atoms. The lowest BCUT2D eigenvalue weighted by molar-refractivity contribution is 0.0621. The monoisotopic (exact) mass is 141 g/mol. The van der Waals surface area contributed by atoms with Gasteiger partial charge in [-0.1, -0.05) is 0 Å². The normalized spacial score (nSPS) is 41.7. The van der Waals surface area contributed by atoms with Gasteiger partial charge in [0.2, 0.25) is 0 Å². The van der Waals surface area contributed by atoms with Crippen molar-refractivity contribution in [2.45, 2.75) is 37.8 Å². The van der Waals surface area contributed by atoms with Gasteiger partial charge in [-0.3, -0.25) is 0 Å². The van der Waals surface area contributed by atoms with Crippen molar-refractivity contribution in [3.05, 3.63) is 0 Å². The van der Waals surface area contributed by atoms with Gasteiger partial charge in [-0.15, -0.1) is 0 Å². The van der Waals surface area contributed by atoms with E-state index in [0.717, 1.165) is 25.4 Å². The quantitative estimate of drug-likeness (QED) is 0.534. The van der Waals surface area contributed by atoms with E-state index >= 15 is 0 Å². The first kappa shape index (κ1) is 6.62. The molecule has 2 nitrogen and oxygen atoms in total. The number of aliphatic hydroxyl groups is 1. The molecule has 0 amide bonds. The summed E-state index contributed by atoms with van der Waals surface area (Å²) in [6.07, 6.45) is 4.68. The Morgan fingerprint density at radius 3 is 3.00 bits per heavy atom. The van der Waals surface area contributed by atoms with Crippen molar-refractivity contribution in [3.8, 4) is 0 Å². The maximum atomic E-state index is 9.33. The van der Waals surface area contributed by atoms with Crippen LogP contribution in [0, 0.1) is 0 Å². The molecule has 2 atom stereocenters. The molecular formula is C8H15NO. The van der Waals surface area contributed by atoms with Crippen LogP contribution in [0.15, 0.2) is 0 Å². The predicted octanol–water partition coefficient (Wildman–Crippen LogP) is 0.606. The fourth-order valence-corrected chi connectivity index (χ4v) is 2.20. The van der Waals surface area contributed by atoms with Crippen LogP contribution >= 0.6 is 0 Å². The maximum absolute atomic E-state index is 9.33.